The number of thiazole rings is 1. The number of ether oxygens (including phenoxy) is 1. The molecule has 1 aliphatic heterocycles. The highest BCUT2D eigenvalue weighted by atomic mass is 32.1. The van der Waals surface area contributed by atoms with E-state index in [1.807, 2.05) is 84.4 Å². The van der Waals surface area contributed by atoms with E-state index in [1.54, 1.807) is 15.3 Å². The van der Waals surface area contributed by atoms with Gasteiger partial charge in [-0.05, 0) is 36.8 Å². The summed E-state index contributed by atoms with van der Waals surface area (Å²) in [6, 6.07) is 25.2. The van der Waals surface area contributed by atoms with Crippen LogP contribution in [0, 0.1) is 6.92 Å². The molecule has 0 amide bonds. The molecule has 7 rings (SSSR count). The van der Waals surface area contributed by atoms with Crippen molar-refractivity contribution < 1.29 is 4.74 Å². The molecular formula is C31H28N6O3S. The number of pyridine rings is 2. The van der Waals surface area contributed by atoms with E-state index >= 15 is 0 Å². The average Bonchev–Trinajstić information content (AvgIpc) is 3.54. The molecule has 5 heterocycles. The van der Waals surface area contributed by atoms with Gasteiger partial charge in [0.2, 0.25) is 5.13 Å². The number of fused-ring (bicyclic) bond motifs is 2. The third kappa shape index (κ3) is 4.64. The highest BCUT2D eigenvalue weighted by Gasteiger charge is 2.22. The predicted octanol–water partition coefficient (Wildman–Crippen LogP) is 4.20. The normalized spacial score (nSPS) is 13.8. The molecule has 1 aliphatic rings. The van der Waals surface area contributed by atoms with Crippen LogP contribution in [0.3, 0.4) is 0 Å². The summed E-state index contributed by atoms with van der Waals surface area (Å²) in [5, 5.41) is 1.07. The second kappa shape index (κ2) is 10.5. The lowest BCUT2D eigenvalue weighted by Crippen LogP contribution is -2.36. The monoisotopic (exact) mass is 564 g/mol. The van der Waals surface area contributed by atoms with E-state index in [0.29, 0.717) is 41.5 Å². The standard InChI is InChI=1S/C31H28N6O3S/c1-21-29-25(18-28(38)35(21)20-23-10-7-13-27(32-23)34-14-16-40-17-15-34)36(19-22-8-3-2-4-9-22)37(30(29)39)31-33-24-11-5-6-12-26(24)41-31/h2-13,18H,14-17,19-20H2,1H3. The first-order valence-electron chi connectivity index (χ1n) is 13.6. The topological polar surface area (TPSA) is 87.2 Å². The zero-order valence-corrected chi connectivity index (χ0v) is 23.4. The SMILES string of the molecule is Cc1c2c(=O)n(-c3nc4ccccc4s3)n(Cc3ccccc3)c2cc(=O)n1Cc1cccc(N2CCOCC2)n1. The minimum absolute atomic E-state index is 0.183. The summed E-state index contributed by atoms with van der Waals surface area (Å²) in [5.74, 6) is 0.866. The van der Waals surface area contributed by atoms with Gasteiger partial charge in [-0.2, -0.15) is 4.68 Å². The summed E-state index contributed by atoms with van der Waals surface area (Å²) in [5.41, 5.74) is 3.43. The number of para-hydroxylation sites is 1. The van der Waals surface area contributed by atoms with Crippen molar-refractivity contribution in [3.05, 3.63) is 117 Å². The van der Waals surface area contributed by atoms with Crippen molar-refractivity contribution in [2.24, 2.45) is 0 Å². The Kier molecular flexibility index (Phi) is 6.49. The summed E-state index contributed by atoms with van der Waals surface area (Å²) in [6.07, 6.45) is 0. The van der Waals surface area contributed by atoms with Crippen LogP contribution in [0.15, 0.2) is 88.5 Å². The highest BCUT2D eigenvalue weighted by Crippen LogP contribution is 2.26. The fourth-order valence-corrected chi connectivity index (χ4v) is 6.45. The van der Waals surface area contributed by atoms with Gasteiger partial charge in [-0.3, -0.25) is 14.3 Å². The second-order valence-electron chi connectivity index (χ2n) is 10.1. The molecule has 0 unspecified atom stereocenters. The van der Waals surface area contributed by atoms with Crippen LogP contribution in [0.25, 0.3) is 26.3 Å². The van der Waals surface area contributed by atoms with Gasteiger partial charge in [0.15, 0.2) is 0 Å². The van der Waals surface area contributed by atoms with Crippen LogP contribution >= 0.6 is 11.3 Å². The maximum Gasteiger partial charge on any atom is 0.283 e. The third-order valence-corrected chi connectivity index (χ3v) is 8.57. The van der Waals surface area contributed by atoms with Crippen molar-refractivity contribution in [3.8, 4) is 5.13 Å². The molecule has 1 fully saturated rings. The molecule has 0 aliphatic carbocycles. The Morgan fingerprint density at radius 2 is 1.66 bits per heavy atom. The smallest absolute Gasteiger partial charge is 0.283 e. The molecular weight excluding hydrogens is 536 g/mol. The zero-order chi connectivity index (χ0) is 27.9. The fourth-order valence-electron chi connectivity index (χ4n) is 5.48. The van der Waals surface area contributed by atoms with Crippen LogP contribution in [-0.2, 0) is 17.8 Å². The fraction of sp³-hybridized carbons (Fsp3) is 0.226. The third-order valence-electron chi connectivity index (χ3n) is 7.56. The molecule has 9 nitrogen and oxygen atoms in total. The molecule has 0 spiro atoms. The van der Waals surface area contributed by atoms with Crippen molar-refractivity contribution in [2.45, 2.75) is 20.0 Å². The van der Waals surface area contributed by atoms with Gasteiger partial charge in [-0.25, -0.2) is 9.97 Å². The molecule has 41 heavy (non-hydrogen) atoms. The number of aryl methyl sites for hydroxylation is 1. The minimum Gasteiger partial charge on any atom is -0.378 e. The van der Waals surface area contributed by atoms with Gasteiger partial charge in [0.1, 0.15) is 5.82 Å². The second-order valence-corrected chi connectivity index (χ2v) is 11.1. The van der Waals surface area contributed by atoms with E-state index in [-0.39, 0.29) is 17.7 Å². The molecule has 0 saturated carbocycles. The highest BCUT2D eigenvalue weighted by molar-refractivity contribution is 7.20. The zero-order valence-electron chi connectivity index (χ0n) is 22.6. The van der Waals surface area contributed by atoms with Crippen LogP contribution in [0.2, 0.25) is 0 Å². The van der Waals surface area contributed by atoms with Crippen molar-refractivity contribution in [2.75, 3.05) is 31.2 Å². The van der Waals surface area contributed by atoms with E-state index in [0.717, 1.165) is 40.4 Å². The molecule has 0 atom stereocenters. The molecule has 0 radical (unpaired) electrons. The van der Waals surface area contributed by atoms with Crippen LogP contribution in [0.4, 0.5) is 5.82 Å². The van der Waals surface area contributed by atoms with E-state index < -0.39 is 0 Å². The molecule has 206 valence electrons. The summed E-state index contributed by atoms with van der Waals surface area (Å²) in [7, 11) is 0. The van der Waals surface area contributed by atoms with Crippen molar-refractivity contribution in [1.82, 2.24) is 23.9 Å². The molecule has 6 aromatic rings. The number of hydrogen-bond acceptors (Lipinski definition) is 7. The average molecular weight is 565 g/mol. The van der Waals surface area contributed by atoms with Crippen LogP contribution in [0.5, 0.6) is 0 Å². The van der Waals surface area contributed by atoms with Crippen LogP contribution in [0.1, 0.15) is 17.0 Å². The summed E-state index contributed by atoms with van der Waals surface area (Å²) < 4.78 is 11.6. The number of rotatable bonds is 6. The molecule has 10 heteroatoms. The number of morpholine rings is 1. The van der Waals surface area contributed by atoms with Crippen molar-refractivity contribution in [1.29, 1.82) is 0 Å². The van der Waals surface area contributed by atoms with E-state index in [1.165, 1.54) is 11.3 Å². The van der Waals surface area contributed by atoms with Gasteiger partial charge in [0.25, 0.3) is 11.1 Å². The van der Waals surface area contributed by atoms with Gasteiger partial charge in [0.05, 0.1) is 53.1 Å². The van der Waals surface area contributed by atoms with Crippen LogP contribution in [-0.4, -0.2) is 50.2 Å². The Morgan fingerprint density at radius 1 is 0.878 bits per heavy atom. The lowest BCUT2D eigenvalue weighted by atomic mass is 10.2. The maximum atomic E-state index is 14.2. The molecule has 0 bridgehead atoms. The molecule has 1 saturated heterocycles. The largest absolute Gasteiger partial charge is 0.378 e. The molecule has 2 aromatic carbocycles. The molecule has 4 aromatic heterocycles. The lowest BCUT2D eigenvalue weighted by molar-refractivity contribution is 0.122. The Hall–Kier alpha value is -4.54. The number of aromatic nitrogens is 5. The number of benzene rings is 2. The Balaban J connectivity index is 1.37. The molecule has 0 N–H and O–H groups in total. The van der Waals surface area contributed by atoms with Crippen LogP contribution < -0.4 is 16.0 Å². The Morgan fingerprint density at radius 3 is 2.46 bits per heavy atom. The van der Waals surface area contributed by atoms with E-state index in [4.69, 9.17) is 14.7 Å². The van der Waals surface area contributed by atoms with Gasteiger partial charge in [0, 0.05) is 24.8 Å². The minimum atomic E-state index is -0.198. The maximum absolute atomic E-state index is 14.2. The summed E-state index contributed by atoms with van der Waals surface area (Å²) >= 11 is 1.46. The van der Waals surface area contributed by atoms with Gasteiger partial charge in [-0.15, -0.1) is 0 Å². The number of anilines is 1. The Labute approximate surface area is 239 Å². The summed E-state index contributed by atoms with van der Waals surface area (Å²) in [6.45, 7) is 5.42. The quantitative estimate of drug-likeness (QED) is 0.301. The predicted molar refractivity (Wildman–Crippen MR) is 162 cm³/mol. The Bertz CT molecular complexity index is 1970. The first-order valence-corrected chi connectivity index (χ1v) is 14.4. The van der Waals surface area contributed by atoms with E-state index in [9.17, 15) is 9.59 Å². The lowest BCUT2D eigenvalue weighted by Gasteiger charge is -2.28. The number of nitrogens with zero attached hydrogens (tertiary/aromatic N) is 6. The van der Waals surface area contributed by atoms with Crippen molar-refractivity contribution >= 4 is 38.3 Å². The first kappa shape index (κ1) is 25.4. The summed E-state index contributed by atoms with van der Waals surface area (Å²) in [4.78, 5) is 39.6. The van der Waals surface area contributed by atoms with Gasteiger partial charge >= 0.3 is 0 Å². The van der Waals surface area contributed by atoms with Crippen molar-refractivity contribution in [3.63, 3.8) is 0 Å². The van der Waals surface area contributed by atoms with Gasteiger partial charge < -0.3 is 14.2 Å². The number of hydrogen-bond donors (Lipinski definition) is 0. The first-order chi connectivity index (χ1) is 20.1. The van der Waals surface area contributed by atoms with E-state index in [2.05, 4.69) is 4.90 Å². The van der Waals surface area contributed by atoms with Gasteiger partial charge in [-0.1, -0.05) is 59.9 Å².